The highest BCUT2D eigenvalue weighted by molar-refractivity contribution is 4.74. The van der Waals surface area contributed by atoms with Crippen molar-refractivity contribution in [3.63, 3.8) is 0 Å². The first-order valence-corrected chi connectivity index (χ1v) is 4.26. The summed E-state index contributed by atoms with van der Waals surface area (Å²) >= 11 is 0. The maximum absolute atomic E-state index is 9.42. The van der Waals surface area contributed by atoms with Crippen LogP contribution in [-0.4, -0.2) is 49.0 Å². The van der Waals surface area contributed by atoms with Crippen LogP contribution in [0.3, 0.4) is 0 Å². The van der Waals surface area contributed by atoms with Gasteiger partial charge in [-0.15, -0.1) is 0 Å². The number of likely N-dealkylation sites (N-methyl/N-ethyl adjacent to an activating group) is 1. The summed E-state index contributed by atoms with van der Waals surface area (Å²) in [5, 5.41) is 9.42. The third kappa shape index (κ3) is 4.70. The molecule has 3 nitrogen and oxygen atoms in total. The zero-order chi connectivity index (χ0) is 9.78. The number of hydrogen-bond donors (Lipinski definition) is 1. The van der Waals surface area contributed by atoms with E-state index in [1.54, 1.807) is 7.11 Å². The molecule has 1 unspecified atom stereocenters. The highest BCUT2D eigenvalue weighted by Gasteiger charge is 2.19. The van der Waals surface area contributed by atoms with Crippen molar-refractivity contribution in [3.8, 4) is 0 Å². The molecule has 0 aliphatic heterocycles. The fourth-order valence-electron chi connectivity index (χ4n) is 0.835. The Labute approximate surface area is 75.3 Å². The number of hydrogen-bond acceptors (Lipinski definition) is 3. The van der Waals surface area contributed by atoms with Gasteiger partial charge >= 0.3 is 0 Å². The molecule has 0 heterocycles. The largest absolute Gasteiger partial charge is 0.389 e. The van der Waals surface area contributed by atoms with Crippen LogP contribution < -0.4 is 0 Å². The van der Waals surface area contributed by atoms with Crippen molar-refractivity contribution in [2.24, 2.45) is 0 Å². The minimum Gasteiger partial charge on any atom is -0.389 e. The van der Waals surface area contributed by atoms with E-state index in [1.807, 2.05) is 7.05 Å². The van der Waals surface area contributed by atoms with E-state index in [0.29, 0.717) is 13.2 Å². The Balaban J connectivity index is 3.76. The standard InChI is InChI=1S/C9H21NO2/c1-9(2,3)10(4)6-8(11)7-12-5/h8,11H,6-7H2,1-5H3. The first-order chi connectivity index (χ1) is 5.38. The van der Waals surface area contributed by atoms with Crippen molar-refractivity contribution in [2.75, 3.05) is 27.3 Å². The zero-order valence-electron chi connectivity index (χ0n) is 8.79. The van der Waals surface area contributed by atoms with Crippen molar-refractivity contribution in [3.05, 3.63) is 0 Å². The van der Waals surface area contributed by atoms with E-state index in [9.17, 15) is 5.11 Å². The second-order valence-electron chi connectivity index (χ2n) is 4.16. The predicted molar refractivity (Wildman–Crippen MR) is 50.3 cm³/mol. The first kappa shape index (κ1) is 11.9. The maximum atomic E-state index is 9.42. The summed E-state index contributed by atoms with van der Waals surface area (Å²) < 4.78 is 4.84. The third-order valence-corrected chi connectivity index (χ3v) is 1.99. The van der Waals surface area contributed by atoms with Gasteiger partial charge in [-0.25, -0.2) is 0 Å². The summed E-state index contributed by atoms with van der Waals surface area (Å²) in [7, 11) is 3.60. The molecular formula is C9H21NO2. The minimum absolute atomic E-state index is 0.106. The summed E-state index contributed by atoms with van der Waals surface area (Å²) in [6.45, 7) is 7.41. The lowest BCUT2D eigenvalue weighted by atomic mass is 10.1. The lowest BCUT2D eigenvalue weighted by Crippen LogP contribution is -2.43. The molecule has 0 aromatic carbocycles. The van der Waals surface area contributed by atoms with Crippen molar-refractivity contribution < 1.29 is 9.84 Å². The Morgan fingerprint density at radius 1 is 1.42 bits per heavy atom. The molecule has 74 valence electrons. The van der Waals surface area contributed by atoms with Gasteiger partial charge in [0.2, 0.25) is 0 Å². The molecule has 0 aliphatic rings. The molecule has 0 saturated carbocycles. The Morgan fingerprint density at radius 2 is 1.92 bits per heavy atom. The summed E-state index contributed by atoms with van der Waals surface area (Å²) in [6.07, 6.45) is -0.390. The molecule has 0 bridgehead atoms. The molecule has 12 heavy (non-hydrogen) atoms. The fraction of sp³-hybridized carbons (Fsp3) is 1.00. The van der Waals surface area contributed by atoms with E-state index in [2.05, 4.69) is 25.7 Å². The Morgan fingerprint density at radius 3 is 2.25 bits per heavy atom. The van der Waals surface area contributed by atoms with Crippen LogP contribution in [-0.2, 0) is 4.74 Å². The Bertz CT molecular complexity index is 120. The number of methoxy groups -OCH3 is 1. The van der Waals surface area contributed by atoms with Crippen LogP contribution in [0.15, 0.2) is 0 Å². The number of aliphatic hydroxyl groups excluding tert-OH is 1. The van der Waals surface area contributed by atoms with Crippen molar-refractivity contribution in [2.45, 2.75) is 32.4 Å². The van der Waals surface area contributed by atoms with E-state index in [4.69, 9.17) is 4.74 Å². The van der Waals surface area contributed by atoms with E-state index in [0.717, 1.165) is 0 Å². The van der Waals surface area contributed by atoms with Gasteiger partial charge in [-0.1, -0.05) is 0 Å². The molecule has 0 spiro atoms. The van der Waals surface area contributed by atoms with Crippen LogP contribution in [0, 0.1) is 0 Å². The van der Waals surface area contributed by atoms with Gasteiger partial charge in [0.05, 0.1) is 12.7 Å². The summed E-state index contributed by atoms with van der Waals surface area (Å²) in [4.78, 5) is 2.11. The van der Waals surface area contributed by atoms with E-state index >= 15 is 0 Å². The number of rotatable bonds is 4. The number of nitrogens with zero attached hydrogens (tertiary/aromatic N) is 1. The van der Waals surface area contributed by atoms with E-state index in [-0.39, 0.29) is 11.6 Å². The number of aliphatic hydroxyl groups is 1. The van der Waals surface area contributed by atoms with Crippen LogP contribution in [0.1, 0.15) is 20.8 Å². The third-order valence-electron chi connectivity index (χ3n) is 1.99. The quantitative estimate of drug-likeness (QED) is 0.683. The second kappa shape index (κ2) is 4.80. The van der Waals surface area contributed by atoms with Gasteiger partial charge in [-0.2, -0.15) is 0 Å². The number of ether oxygens (including phenoxy) is 1. The van der Waals surface area contributed by atoms with Gasteiger partial charge in [0, 0.05) is 19.2 Å². The van der Waals surface area contributed by atoms with Gasteiger partial charge in [0.15, 0.2) is 0 Å². The van der Waals surface area contributed by atoms with Gasteiger partial charge in [-0.3, -0.25) is 4.90 Å². The van der Waals surface area contributed by atoms with E-state index < -0.39 is 0 Å². The van der Waals surface area contributed by atoms with Gasteiger partial charge < -0.3 is 9.84 Å². The molecule has 1 atom stereocenters. The smallest absolute Gasteiger partial charge is 0.0900 e. The van der Waals surface area contributed by atoms with E-state index in [1.165, 1.54) is 0 Å². The lowest BCUT2D eigenvalue weighted by Gasteiger charge is -2.33. The fourth-order valence-corrected chi connectivity index (χ4v) is 0.835. The molecule has 0 fully saturated rings. The highest BCUT2D eigenvalue weighted by atomic mass is 16.5. The molecule has 0 rings (SSSR count). The summed E-state index contributed by atoms with van der Waals surface area (Å²) in [5.74, 6) is 0. The van der Waals surface area contributed by atoms with Crippen molar-refractivity contribution in [1.29, 1.82) is 0 Å². The Hall–Kier alpha value is -0.120. The minimum atomic E-state index is -0.390. The average Bonchev–Trinajstić information content (AvgIpc) is 1.85. The highest BCUT2D eigenvalue weighted by Crippen LogP contribution is 2.10. The molecular weight excluding hydrogens is 154 g/mol. The van der Waals surface area contributed by atoms with Crippen LogP contribution >= 0.6 is 0 Å². The molecule has 0 amide bonds. The normalized spacial score (nSPS) is 15.2. The monoisotopic (exact) mass is 175 g/mol. The van der Waals surface area contributed by atoms with Crippen molar-refractivity contribution in [1.82, 2.24) is 4.90 Å². The molecule has 0 aromatic rings. The molecule has 0 aromatic heterocycles. The predicted octanol–water partition coefficient (Wildman–Crippen LogP) is 0.724. The number of β-amino-alcohol motifs (C(OH)–C–C–N with tert-alkyl or cyclic N) is 1. The SMILES string of the molecule is COCC(O)CN(C)C(C)(C)C. The average molecular weight is 175 g/mol. The molecule has 1 N–H and O–H groups in total. The molecule has 0 aliphatic carbocycles. The maximum Gasteiger partial charge on any atom is 0.0900 e. The molecule has 3 heteroatoms. The Kier molecular flexibility index (Phi) is 4.75. The van der Waals surface area contributed by atoms with Crippen LogP contribution in [0.5, 0.6) is 0 Å². The summed E-state index contributed by atoms with van der Waals surface area (Å²) in [6, 6.07) is 0. The van der Waals surface area contributed by atoms with Gasteiger partial charge in [0.1, 0.15) is 0 Å². The van der Waals surface area contributed by atoms with Crippen LogP contribution in [0.2, 0.25) is 0 Å². The molecule has 0 radical (unpaired) electrons. The second-order valence-corrected chi connectivity index (χ2v) is 4.16. The van der Waals surface area contributed by atoms with Crippen LogP contribution in [0.4, 0.5) is 0 Å². The van der Waals surface area contributed by atoms with Crippen molar-refractivity contribution >= 4 is 0 Å². The van der Waals surface area contributed by atoms with Gasteiger partial charge in [0.25, 0.3) is 0 Å². The topological polar surface area (TPSA) is 32.7 Å². The summed E-state index contributed by atoms with van der Waals surface area (Å²) in [5.41, 5.74) is 0.106. The van der Waals surface area contributed by atoms with Crippen LogP contribution in [0.25, 0.3) is 0 Å². The van der Waals surface area contributed by atoms with Gasteiger partial charge in [-0.05, 0) is 27.8 Å². The molecule has 0 saturated heterocycles. The lowest BCUT2D eigenvalue weighted by molar-refractivity contribution is 0.0233. The zero-order valence-corrected chi connectivity index (χ0v) is 8.79. The first-order valence-electron chi connectivity index (χ1n) is 4.26.